The molecule has 1 aromatic rings. The molecule has 0 saturated carbocycles. The van der Waals surface area contributed by atoms with E-state index in [0.29, 0.717) is 6.61 Å². The summed E-state index contributed by atoms with van der Waals surface area (Å²) in [5.41, 5.74) is 1.31. The fraction of sp³-hybridized carbons (Fsp3) is 0.538. The van der Waals surface area contributed by atoms with Gasteiger partial charge >= 0.3 is 0 Å². The summed E-state index contributed by atoms with van der Waals surface area (Å²) < 4.78 is 10.2. The highest BCUT2D eigenvalue weighted by molar-refractivity contribution is 5.27. The third-order valence-corrected chi connectivity index (χ3v) is 2.26. The molecule has 16 heavy (non-hydrogen) atoms. The average molecular weight is 224 g/mol. The number of benzene rings is 1. The van der Waals surface area contributed by atoms with Gasteiger partial charge in [-0.2, -0.15) is 0 Å². The van der Waals surface area contributed by atoms with Crippen LogP contribution in [0.1, 0.15) is 18.9 Å². The van der Waals surface area contributed by atoms with E-state index in [9.17, 15) is 5.11 Å². The number of hydrogen-bond donors (Lipinski definition) is 1. The molecule has 0 fully saturated rings. The summed E-state index contributed by atoms with van der Waals surface area (Å²) in [7, 11) is 1.56. The van der Waals surface area contributed by atoms with Gasteiger partial charge in [0.2, 0.25) is 0 Å². The Balaban J connectivity index is 2.37. The molecular weight excluding hydrogens is 204 g/mol. The van der Waals surface area contributed by atoms with Crippen LogP contribution in [-0.2, 0) is 11.2 Å². The average Bonchev–Trinajstić information content (AvgIpc) is 2.29. The van der Waals surface area contributed by atoms with E-state index in [1.807, 2.05) is 12.1 Å². The van der Waals surface area contributed by atoms with E-state index in [1.54, 1.807) is 7.11 Å². The number of ether oxygens (including phenoxy) is 2. The zero-order valence-corrected chi connectivity index (χ0v) is 9.98. The van der Waals surface area contributed by atoms with Crippen LogP contribution < -0.4 is 4.74 Å². The highest BCUT2D eigenvalue weighted by Crippen LogP contribution is 2.13. The van der Waals surface area contributed by atoms with Gasteiger partial charge in [0.15, 0.2) is 0 Å². The summed E-state index contributed by atoms with van der Waals surface area (Å²) in [5, 5.41) is 9.40. The van der Waals surface area contributed by atoms with Gasteiger partial charge in [0.1, 0.15) is 18.5 Å². The van der Waals surface area contributed by atoms with Crippen molar-refractivity contribution < 1.29 is 14.6 Å². The summed E-state index contributed by atoms with van der Waals surface area (Å²) >= 11 is 0. The Morgan fingerprint density at radius 1 is 1.19 bits per heavy atom. The van der Waals surface area contributed by atoms with E-state index in [4.69, 9.17) is 9.47 Å². The molecule has 0 unspecified atom stereocenters. The molecular formula is C13H20O3. The van der Waals surface area contributed by atoms with Crippen molar-refractivity contribution in [1.82, 2.24) is 0 Å². The Hall–Kier alpha value is -1.06. The van der Waals surface area contributed by atoms with Crippen molar-refractivity contribution in [2.75, 3.05) is 20.3 Å². The molecule has 90 valence electrons. The van der Waals surface area contributed by atoms with Gasteiger partial charge < -0.3 is 14.6 Å². The Labute approximate surface area is 97.0 Å². The standard InChI is InChI=1S/C13H20O3/c1-3-4-11-5-7-13(8-6-11)16-10-12(14)9-15-2/h5-8,12,14H,3-4,9-10H2,1-2H3/t12-/m1/s1. The molecule has 0 heterocycles. The lowest BCUT2D eigenvalue weighted by Gasteiger charge is -2.11. The predicted octanol–water partition coefficient (Wildman–Crippen LogP) is 2.03. The Kier molecular flexibility index (Phi) is 5.90. The predicted molar refractivity (Wildman–Crippen MR) is 63.8 cm³/mol. The van der Waals surface area contributed by atoms with Crippen LogP contribution in [-0.4, -0.2) is 31.5 Å². The van der Waals surface area contributed by atoms with Crippen molar-refractivity contribution in [2.24, 2.45) is 0 Å². The Bertz CT molecular complexity index is 282. The second-order valence-corrected chi connectivity index (χ2v) is 3.81. The molecule has 0 bridgehead atoms. The van der Waals surface area contributed by atoms with Gasteiger partial charge in [-0.1, -0.05) is 25.5 Å². The number of aliphatic hydroxyl groups is 1. The van der Waals surface area contributed by atoms with Gasteiger partial charge in [-0.15, -0.1) is 0 Å². The summed E-state index contributed by atoms with van der Waals surface area (Å²) in [5.74, 6) is 0.787. The van der Waals surface area contributed by atoms with Gasteiger partial charge in [0, 0.05) is 7.11 Å². The SMILES string of the molecule is CCCc1ccc(OC[C@H](O)COC)cc1. The van der Waals surface area contributed by atoms with Gasteiger partial charge in [0.25, 0.3) is 0 Å². The van der Waals surface area contributed by atoms with E-state index in [1.165, 1.54) is 5.56 Å². The topological polar surface area (TPSA) is 38.7 Å². The molecule has 1 aromatic carbocycles. The van der Waals surface area contributed by atoms with Crippen LogP contribution in [0.3, 0.4) is 0 Å². The second kappa shape index (κ2) is 7.25. The molecule has 1 atom stereocenters. The van der Waals surface area contributed by atoms with Crippen LogP contribution in [0.5, 0.6) is 5.75 Å². The molecule has 0 spiro atoms. The molecule has 0 aliphatic heterocycles. The maximum atomic E-state index is 9.40. The molecule has 3 nitrogen and oxygen atoms in total. The number of aliphatic hydroxyl groups excluding tert-OH is 1. The van der Waals surface area contributed by atoms with Crippen molar-refractivity contribution in [3.63, 3.8) is 0 Å². The summed E-state index contributed by atoms with van der Waals surface area (Å²) in [6, 6.07) is 7.98. The van der Waals surface area contributed by atoms with Gasteiger partial charge in [-0.05, 0) is 24.1 Å². The molecule has 0 amide bonds. The van der Waals surface area contributed by atoms with Crippen LogP contribution in [0.15, 0.2) is 24.3 Å². The zero-order chi connectivity index (χ0) is 11.8. The summed E-state index contributed by atoms with van der Waals surface area (Å²) in [6.45, 7) is 2.72. The van der Waals surface area contributed by atoms with Gasteiger partial charge in [-0.3, -0.25) is 0 Å². The second-order valence-electron chi connectivity index (χ2n) is 3.81. The highest BCUT2D eigenvalue weighted by atomic mass is 16.5. The summed E-state index contributed by atoms with van der Waals surface area (Å²) in [4.78, 5) is 0. The van der Waals surface area contributed by atoms with E-state index < -0.39 is 6.10 Å². The lowest BCUT2D eigenvalue weighted by molar-refractivity contribution is 0.0325. The van der Waals surface area contributed by atoms with Crippen molar-refractivity contribution >= 4 is 0 Å². The number of aryl methyl sites for hydroxylation is 1. The van der Waals surface area contributed by atoms with Crippen molar-refractivity contribution in [3.8, 4) is 5.75 Å². The van der Waals surface area contributed by atoms with E-state index in [2.05, 4.69) is 19.1 Å². The van der Waals surface area contributed by atoms with Crippen molar-refractivity contribution in [1.29, 1.82) is 0 Å². The Morgan fingerprint density at radius 2 is 1.88 bits per heavy atom. The first-order valence-corrected chi connectivity index (χ1v) is 5.65. The first-order valence-electron chi connectivity index (χ1n) is 5.65. The normalized spacial score (nSPS) is 12.4. The van der Waals surface area contributed by atoms with Crippen molar-refractivity contribution in [2.45, 2.75) is 25.9 Å². The maximum Gasteiger partial charge on any atom is 0.119 e. The van der Waals surface area contributed by atoms with Crippen LogP contribution in [0.2, 0.25) is 0 Å². The summed E-state index contributed by atoms with van der Waals surface area (Å²) in [6.07, 6.45) is 1.67. The molecule has 0 aliphatic rings. The smallest absolute Gasteiger partial charge is 0.119 e. The zero-order valence-electron chi connectivity index (χ0n) is 9.98. The molecule has 0 radical (unpaired) electrons. The van der Waals surface area contributed by atoms with Crippen LogP contribution in [0, 0.1) is 0 Å². The van der Waals surface area contributed by atoms with E-state index in [0.717, 1.165) is 18.6 Å². The van der Waals surface area contributed by atoms with Crippen LogP contribution in [0.4, 0.5) is 0 Å². The van der Waals surface area contributed by atoms with Crippen LogP contribution >= 0.6 is 0 Å². The minimum Gasteiger partial charge on any atom is -0.491 e. The van der Waals surface area contributed by atoms with Crippen molar-refractivity contribution in [3.05, 3.63) is 29.8 Å². The third kappa shape index (κ3) is 4.64. The third-order valence-electron chi connectivity index (χ3n) is 2.26. The first-order chi connectivity index (χ1) is 7.76. The molecule has 0 aromatic heterocycles. The van der Waals surface area contributed by atoms with Gasteiger partial charge in [0.05, 0.1) is 6.61 Å². The fourth-order valence-electron chi connectivity index (χ4n) is 1.47. The number of rotatable bonds is 7. The quantitative estimate of drug-likeness (QED) is 0.770. The van der Waals surface area contributed by atoms with E-state index in [-0.39, 0.29) is 6.61 Å². The lowest BCUT2D eigenvalue weighted by atomic mass is 10.1. The fourth-order valence-corrected chi connectivity index (χ4v) is 1.47. The molecule has 1 rings (SSSR count). The number of hydrogen-bond acceptors (Lipinski definition) is 3. The van der Waals surface area contributed by atoms with E-state index >= 15 is 0 Å². The van der Waals surface area contributed by atoms with Gasteiger partial charge in [-0.25, -0.2) is 0 Å². The minimum atomic E-state index is -0.569. The maximum absolute atomic E-state index is 9.40. The molecule has 3 heteroatoms. The van der Waals surface area contributed by atoms with Crippen LogP contribution in [0.25, 0.3) is 0 Å². The highest BCUT2D eigenvalue weighted by Gasteiger charge is 2.04. The Morgan fingerprint density at radius 3 is 2.44 bits per heavy atom. The number of methoxy groups -OCH3 is 1. The first kappa shape index (κ1) is 13.0. The monoisotopic (exact) mass is 224 g/mol. The molecule has 1 N–H and O–H groups in total. The largest absolute Gasteiger partial charge is 0.491 e. The molecule has 0 aliphatic carbocycles. The molecule has 0 saturated heterocycles. The minimum absolute atomic E-state index is 0.265. The lowest BCUT2D eigenvalue weighted by Crippen LogP contribution is -2.22.